The van der Waals surface area contributed by atoms with E-state index in [1.54, 1.807) is 11.3 Å². The summed E-state index contributed by atoms with van der Waals surface area (Å²) in [6.07, 6.45) is 1.72. The number of amides is 1. The van der Waals surface area contributed by atoms with Crippen molar-refractivity contribution in [2.45, 2.75) is 26.3 Å². The maximum absolute atomic E-state index is 12.1. The molecule has 0 aromatic carbocycles. The number of nitrogens with one attached hydrogen (secondary N) is 1. The third-order valence-corrected chi connectivity index (χ3v) is 4.41. The van der Waals surface area contributed by atoms with Crippen molar-refractivity contribution in [2.24, 2.45) is 5.73 Å². The molecule has 110 valence electrons. The van der Waals surface area contributed by atoms with Gasteiger partial charge in [-0.2, -0.15) is 0 Å². The van der Waals surface area contributed by atoms with Crippen LogP contribution >= 0.6 is 22.9 Å². The van der Waals surface area contributed by atoms with Gasteiger partial charge in [-0.15, -0.1) is 16.4 Å². The van der Waals surface area contributed by atoms with Crippen LogP contribution < -0.4 is 11.1 Å². The van der Waals surface area contributed by atoms with E-state index in [1.807, 2.05) is 12.1 Å². The summed E-state index contributed by atoms with van der Waals surface area (Å²) in [6, 6.07) is 3.90. The average molecular weight is 320 g/mol. The second kappa shape index (κ2) is 7.88. The van der Waals surface area contributed by atoms with Gasteiger partial charge in [0, 0.05) is 4.88 Å². The third kappa shape index (κ3) is 4.36. The van der Waals surface area contributed by atoms with Crippen LogP contribution in [0.15, 0.2) is 12.1 Å². The second-order valence-electron chi connectivity index (χ2n) is 4.25. The van der Waals surface area contributed by atoms with Crippen LogP contribution in [0.2, 0.25) is 0 Å². The Labute approximate surface area is 131 Å². The van der Waals surface area contributed by atoms with Crippen LogP contribution in [0.3, 0.4) is 0 Å². The predicted octanol–water partition coefficient (Wildman–Crippen LogP) is 1.79. The first-order valence-corrected chi connectivity index (χ1v) is 8.20. The van der Waals surface area contributed by atoms with Crippen molar-refractivity contribution >= 4 is 28.8 Å². The van der Waals surface area contributed by atoms with Crippen LogP contribution in [0.1, 0.15) is 38.5 Å². The lowest BCUT2D eigenvalue weighted by Crippen LogP contribution is -2.22. The number of aromatic nitrogens is 2. The molecule has 0 saturated heterocycles. The molecule has 0 saturated carbocycles. The van der Waals surface area contributed by atoms with Gasteiger partial charge in [0.2, 0.25) is 0 Å². The number of aryl methyl sites for hydroxylation is 1. The zero-order chi connectivity index (χ0) is 15.1. The molecule has 0 aliphatic rings. The van der Waals surface area contributed by atoms with E-state index in [0.29, 0.717) is 18.0 Å². The number of nitrogens with zero attached hydrogens (tertiary/aromatic N) is 2. The van der Waals surface area contributed by atoms with Crippen molar-refractivity contribution in [3.8, 4) is 11.8 Å². The van der Waals surface area contributed by atoms with Crippen molar-refractivity contribution in [3.63, 3.8) is 0 Å². The first kappa shape index (κ1) is 15.6. The summed E-state index contributed by atoms with van der Waals surface area (Å²) in [5.41, 5.74) is 6.12. The molecule has 3 N–H and O–H groups in total. The van der Waals surface area contributed by atoms with Crippen LogP contribution in [0.5, 0.6) is 0 Å². The number of carbonyl (C=O) groups is 1. The highest BCUT2D eigenvalue weighted by molar-refractivity contribution is 7.12. The number of hydrogen-bond donors (Lipinski definition) is 2. The normalized spacial score (nSPS) is 10.0. The van der Waals surface area contributed by atoms with Crippen LogP contribution in [0.4, 0.5) is 0 Å². The number of nitrogens with two attached hydrogens (primary N) is 1. The zero-order valence-electron chi connectivity index (χ0n) is 11.7. The van der Waals surface area contributed by atoms with Crippen molar-refractivity contribution < 1.29 is 4.79 Å². The first-order chi connectivity index (χ1) is 10.2. The quantitative estimate of drug-likeness (QED) is 0.823. The van der Waals surface area contributed by atoms with Crippen LogP contribution in [-0.4, -0.2) is 22.0 Å². The highest BCUT2D eigenvalue weighted by Gasteiger charge is 2.15. The molecule has 0 aliphatic heterocycles. The second-order valence-corrected chi connectivity index (χ2v) is 6.18. The molecule has 7 heteroatoms. The number of hydrogen-bond acceptors (Lipinski definition) is 6. The average Bonchev–Trinajstić information content (AvgIpc) is 3.12. The minimum atomic E-state index is -0.114. The molecular weight excluding hydrogens is 304 g/mol. The van der Waals surface area contributed by atoms with E-state index in [2.05, 4.69) is 33.7 Å². The molecular formula is C14H16N4OS2. The number of rotatable bonds is 5. The predicted molar refractivity (Wildman–Crippen MR) is 85.3 cm³/mol. The fourth-order valence-electron chi connectivity index (χ4n) is 1.71. The summed E-state index contributed by atoms with van der Waals surface area (Å²) in [4.78, 5) is 14.8. The van der Waals surface area contributed by atoms with E-state index in [0.717, 1.165) is 39.8 Å². The molecule has 21 heavy (non-hydrogen) atoms. The maximum Gasteiger partial charge on any atom is 0.265 e. The maximum atomic E-state index is 12.1. The summed E-state index contributed by atoms with van der Waals surface area (Å²) in [6.45, 7) is 2.89. The highest BCUT2D eigenvalue weighted by Crippen LogP contribution is 2.16. The SMILES string of the molecule is CCCc1nnsc1C(=O)NCc1ccc(C#CCN)s1. The minimum absolute atomic E-state index is 0.114. The van der Waals surface area contributed by atoms with Crippen molar-refractivity contribution in [2.75, 3.05) is 6.54 Å². The summed E-state index contributed by atoms with van der Waals surface area (Å²) < 4.78 is 3.86. The molecule has 2 heterocycles. The fourth-order valence-corrected chi connectivity index (χ4v) is 3.15. The molecule has 5 nitrogen and oxygen atoms in total. The molecule has 0 spiro atoms. The Hall–Kier alpha value is -1.75. The lowest BCUT2D eigenvalue weighted by Gasteiger charge is -2.02. The Morgan fingerprint density at radius 1 is 1.48 bits per heavy atom. The molecule has 0 unspecified atom stereocenters. The summed E-state index contributed by atoms with van der Waals surface area (Å²) >= 11 is 2.70. The molecule has 0 aliphatic carbocycles. The number of carbonyl (C=O) groups excluding carboxylic acids is 1. The summed E-state index contributed by atoms with van der Waals surface area (Å²) in [7, 11) is 0. The van der Waals surface area contributed by atoms with Gasteiger partial charge in [-0.05, 0) is 30.1 Å². The van der Waals surface area contributed by atoms with Gasteiger partial charge in [-0.3, -0.25) is 4.79 Å². The van der Waals surface area contributed by atoms with E-state index >= 15 is 0 Å². The Morgan fingerprint density at radius 2 is 2.33 bits per heavy atom. The van der Waals surface area contributed by atoms with Gasteiger partial charge in [0.25, 0.3) is 5.91 Å². The van der Waals surface area contributed by atoms with Crippen LogP contribution in [-0.2, 0) is 13.0 Å². The lowest BCUT2D eigenvalue weighted by molar-refractivity contribution is 0.0954. The van der Waals surface area contributed by atoms with Crippen molar-refractivity contribution in [1.29, 1.82) is 0 Å². The fraction of sp³-hybridized carbons (Fsp3) is 0.357. The minimum Gasteiger partial charge on any atom is -0.346 e. The topological polar surface area (TPSA) is 80.9 Å². The van der Waals surface area contributed by atoms with Gasteiger partial charge >= 0.3 is 0 Å². The summed E-state index contributed by atoms with van der Waals surface area (Å²) in [5, 5.41) is 6.90. The summed E-state index contributed by atoms with van der Waals surface area (Å²) in [5.74, 6) is 5.68. The number of thiophene rings is 1. The van der Waals surface area contributed by atoms with E-state index < -0.39 is 0 Å². The Balaban J connectivity index is 1.94. The zero-order valence-corrected chi connectivity index (χ0v) is 13.3. The van der Waals surface area contributed by atoms with Gasteiger partial charge in [-0.25, -0.2) is 0 Å². The smallest absolute Gasteiger partial charge is 0.265 e. The van der Waals surface area contributed by atoms with Gasteiger partial charge < -0.3 is 11.1 Å². The van der Waals surface area contributed by atoms with E-state index in [4.69, 9.17) is 5.73 Å². The molecule has 0 atom stereocenters. The Bertz CT molecular complexity index is 666. The lowest BCUT2D eigenvalue weighted by atomic mass is 10.2. The van der Waals surface area contributed by atoms with Crippen molar-refractivity contribution in [1.82, 2.24) is 14.9 Å². The third-order valence-electron chi connectivity index (χ3n) is 2.65. The first-order valence-electron chi connectivity index (χ1n) is 6.61. The molecule has 0 fully saturated rings. The van der Waals surface area contributed by atoms with E-state index in [9.17, 15) is 4.79 Å². The molecule has 2 aromatic rings. The van der Waals surface area contributed by atoms with Gasteiger partial charge in [-0.1, -0.05) is 29.7 Å². The van der Waals surface area contributed by atoms with Crippen LogP contribution in [0.25, 0.3) is 0 Å². The Kier molecular flexibility index (Phi) is 5.87. The molecule has 1 amide bonds. The van der Waals surface area contributed by atoms with E-state index in [1.165, 1.54) is 0 Å². The standard InChI is InChI=1S/C14H16N4OS2/c1-2-4-12-13(21-18-17-12)14(19)16-9-11-7-6-10(20-11)5-3-8-15/h6-7H,2,4,8-9,15H2,1H3,(H,16,19). The van der Waals surface area contributed by atoms with Crippen LogP contribution in [0, 0.1) is 11.8 Å². The molecule has 2 rings (SSSR count). The van der Waals surface area contributed by atoms with Gasteiger partial charge in [0.05, 0.1) is 23.7 Å². The largest absolute Gasteiger partial charge is 0.346 e. The van der Waals surface area contributed by atoms with Gasteiger partial charge in [0.15, 0.2) is 0 Å². The Morgan fingerprint density at radius 3 is 3.10 bits per heavy atom. The van der Waals surface area contributed by atoms with E-state index in [-0.39, 0.29) is 5.91 Å². The van der Waals surface area contributed by atoms with Crippen molar-refractivity contribution in [3.05, 3.63) is 32.5 Å². The molecule has 0 bridgehead atoms. The molecule has 2 aromatic heterocycles. The highest BCUT2D eigenvalue weighted by atomic mass is 32.1. The molecule has 0 radical (unpaired) electrons. The van der Waals surface area contributed by atoms with Gasteiger partial charge in [0.1, 0.15) is 4.88 Å². The monoisotopic (exact) mass is 320 g/mol.